The fourth-order valence-corrected chi connectivity index (χ4v) is 2.38. The minimum Gasteiger partial charge on any atom is -0.504 e. The maximum absolute atomic E-state index is 12.2. The Bertz CT molecular complexity index is 1130. The highest BCUT2D eigenvalue weighted by Crippen LogP contribution is 2.24. The second-order valence-electron chi connectivity index (χ2n) is 6.15. The number of carbonyl (C=O) groups is 1. The third kappa shape index (κ3) is 5.26. The van der Waals surface area contributed by atoms with Crippen LogP contribution in [0.25, 0.3) is 0 Å². The summed E-state index contributed by atoms with van der Waals surface area (Å²) in [5.74, 6) is -1.45. The summed E-state index contributed by atoms with van der Waals surface area (Å²) >= 11 is 0. The molecule has 0 aliphatic heterocycles. The van der Waals surface area contributed by atoms with Gasteiger partial charge in [0.1, 0.15) is 0 Å². The van der Waals surface area contributed by atoms with E-state index in [-0.39, 0.29) is 23.0 Å². The number of aromatic hydroxyl groups is 4. The third-order valence-corrected chi connectivity index (χ3v) is 3.91. The molecule has 0 heterocycles. The number of rotatable bonds is 6. The summed E-state index contributed by atoms with van der Waals surface area (Å²) < 4.78 is 0. The largest absolute Gasteiger partial charge is 0.504 e. The summed E-state index contributed by atoms with van der Waals surface area (Å²) in [7, 11) is 0. The normalized spacial score (nSPS) is 11.1. The van der Waals surface area contributed by atoms with Gasteiger partial charge >= 0.3 is 0 Å². The van der Waals surface area contributed by atoms with Gasteiger partial charge in [-0.3, -0.25) is 10.2 Å². The predicted octanol–water partition coefficient (Wildman–Crippen LogP) is 2.72. The second-order valence-corrected chi connectivity index (χ2v) is 6.15. The van der Waals surface area contributed by atoms with Crippen LogP contribution < -0.4 is 10.9 Å². The van der Waals surface area contributed by atoms with Crippen LogP contribution in [0.2, 0.25) is 0 Å². The number of phenols is 4. The molecule has 0 saturated carbocycles. The van der Waals surface area contributed by atoms with Crippen LogP contribution in [0.4, 0.5) is 5.69 Å². The molecule has 0 unspecified atom stereocenters. The third-order valence-electron chi connectivity index (χ3n) is 3.91. The van der Waals surface area contributed by atoms with E-state index in [1.54, 1.807) is 30.3 Å². The second kappa shape index (κ2) is 9.11. The number of nitrogens with one attached hydrogen (secondary N) is 2. The smallest absolute Gasteiger partial charge is 0.271 e. The number of nitrogens with zero attached hydrogens (tertiary/aromatic N) is 2. The molecule has 0 fully saturated rings. The number of carbonyl (C=O) groups excluding carboxylic acids is 1. The van der Waals surface area contributed by atoms with Gasteiger partial charge in [0.05, 0.1) is 18.1 Å². The van der Waals surface area contributed by atoms with Gasteiger partial charge in [-0.15, -0.1) is 0 Å². The fraction of sp³-hybridized carbons (Fsp3) is 0. The number of phenolic OH excluding ortho intramolecular Hbond substituents is 4. The Morgan fingerprint density at radius 3 is 1.93 bits per heavy atom. The van der Waals surface area contributed by atoms with Crippen molar-refractivity contribution in [2.75, 3.05) is 5.43 Å². The molecule has 0 aromatic heterocycles. The molecule has 9 nitrogen and oxygen atoms in total. The van der Waals surface area contributed by atoms with E-state index in [4.69, 9.17) is 0 Å². The topological polar surface area (TPSA) is 147 Å². The van der Waals surface area contributed by atoms with Crippen LogP contribution in [0.3, 0.4) is 0 Å². The first-order chi connectivity index (χ1) is 14.4. The van der Waals surface area contributed by atoms with Gasteiger partial charge < -0.3 is 20.4 Å². The summed E-state index contributed by atoms with van der Waals surface area (Å²) in [6.07, 6.45) is 2.78. The van der Waals surface area contributed by atoms with Crippen LogP contribution in [0.15, 0.2) is 70.9 Å². The van der Waals surface area contributed by atoms with Crippen molar-refractivity contribution in [3.8, 4) is 23.0 Å². The maximum Gasteiger partial charge on any atom is 0.271 e. The van der Waals surface area contributed by atoms with Crippen molar-refractivity contribution in [1.82, 2.24) is 5.43 Å². The molecule has 0 spiro atoms. The van der Waals surface area contributed by atoms with Crippen molar-refractivity contribution in [2.24, 2.45) is 10.2 Å². The lowest BCUT2D eigenvalue weighted by Crippen LogP contribution is -2.17. The highest BCUT2D eigenvalue weighted by molar-refractivity contribution is 5.95. The molecule has 3 aromatic carbocycles. The standard InChI is InChI=1S/C21H18N4O5/c26-17-6-4-13(8-19(17)28)11-22-24-16-3-1-2-15(10-16)21(30)25-23-12-14-5-7-18(27)20(29)9-14/h1-12,24,26-29H,(H,25,30)/b22-11+,23-12+. The lowest BCUT2D eigenvalue weighted by atomic mass is 10.2. The summed E-state index contributed by atoms with van der Waals surface area (Å²) in [5.41, 5.74) is 7.10. The SMILES string of the molecule is O=C(N/N=C/c1ccc(O)c(O)c1)c1cccc(N/N=C/c2ccc(O)c(O)c2)c1. The first-order valence-electron chi connectivity index (χ1n) is 8.69. The van der Waals surface area contributed by atoms with E-state index >= 15 is 0 Å². The van der Waals surface area contributed by atoms with Gasteiger partial charge in [0.2, 0.25) is 0 Å². The van der Waals surface area contributed by atoms with Gasteiger partial charge in [-0.25, -0.2) is 5.43 Å². The highest BCUT2D eigenvalue weighted by Gasteiger charge is 2.05. The zero-order valence-electron chi connectivity index (χ0n) is 15.5. The Hall–Kier alpha value is -4.53. The van der Waals surface area contributed by atoms with E-state index in [0.717, 1.165) is 0 Å². The Morgan fingerprint density at radius 2 is 1.33 bits per heavy atom. The molecule has 0 radical (unpaired) electrons. The van der Waals surface area contributed by atoms with Crippen LogP contribution >= 0.6 is 0 Å². The molecule has 0 atom stereocenters. The summed E-state index contributed by atoms with van der Waals surface area (Å²) in [6, 6.07) is 15.0. The molecule has 3 rings (SSSR count). The van der Waals surface area contributed by atoms with Crippen molar-refractivity contribution in [2.45, 2.75) is 0 Å². The quantitative estimate of drug-likeness (QED) is 0.211. The molecule has 30 heavy (non-hydrogen) atoms. The van der Waals surface area contributed by atoms with Crippen LogP contribution in [0.5, 0.6) is 23.0 Å². The first-order valence-corrected chi connectivity index (χ1v) is 8.69. The predicted molar refractivity (Wildman–Crippen MR) is 112 cm³/mol. The number of hydrogen-bond donors (Lipinski definition) is 6. The average molecular weight is 406 g/mol. The minimum atomic E-state index is -0.453. The Balaban J connectivity index is 1.60. The zero-order chi connectivity index (χ0) is 21.5. The van der Waals surface area contributed by atoms with Gasteiger partial charge in [0, 0.05) is 5.56 Å². The lowest BCUT2D eigenvalue weighted by Gasteiger charge is -2.04. The van der Waals surface area contributed by atoms with Crippen molar-refractivity contribution in [1.29, 1.82) is 0 Å². The van der Waals surface area contributed by atoms with Crippen molar-refractivity contribution in [3.63, 3.8) is 0 Å². The van der Waals surface area contributed by atoms with Gasteiger partial charge in [0.15, 0.2) is 23.0 Å². The average Bonchev–Trinajstić information content (AvgIpc) is 2.73. The summed E-state index contributed by atoms with van der Waals surface area (Å²) in [4.78, 5) is 12.2. The number of anilines is 1. The Morgan fingerprint density at radius 1 is 0.733 bits per heavy atom. The summed E-state index contributed by atoms with van der Waals surface area (Å²) in [5, 5.41) is 45.3. The van der Waals surface area contributed by atoms with Gasteiger partial charge in [-0.1, -0.05) is 6.07 Å². The van der Waals surface area contributed by atoms with Crippen molar-refractivity contribution in [3.05, 3.63) is 77.4 Å². The fourth-order valence-electron chi connectivity index (χ4n) is 2.38. The molecule has 9 heteroatoms. The molecule has 0 aliphatic rings. The molecular formula is C21H18N4O5. The van der Waals surface area contributed by atoms with E-state index in [9.17, 15) is 25.2 Å². The van der Waals surface area contributed by atoms with E-state index in [1.807, 2.05) is 0 Å². The lowest BCUT2D eigenvalue weighted by molar-refractivity contribution is 0.0955. The van der Waals surface area contributed by atoms with Gasteiger partial charge in [-0.2, -0.15) is 10.2 Å². The van der Waals surface area contributed by atoms with Crippen molar-refractivity contribution >= 4 is 24.0 Å². The molecule has 0 saturated heterocycles. The Labute approximate surface area is 171 Å². The van der Waals surface area contributed by atoms with Gasteiger partial charge in [0.25, 0.3) is 5.91 Å². The molecule has 0 bridgehead atoms. The molecule has 1 amide bonds. The Kier molecular flexibility index (Phi) is 6.14. The van der Waals surface area contributed by atoms with E-state index in [1.165, 1.54) is 42.8 Å². The van der Waals surface area contributed by atoms with E-state index in [2.05, 4.69) is 21.1 Å². The molecule has 152 valence electrons. The van der Waals surface area contributed by atoms with Crippen LogP contribution in [-0.2, 0) is 0 Å². The highest BCUT2D eigenvalue weighted by atomic mass is 16.3. The zero-order valence-corrected chi connectivity index (χ0v) is 15.5. The minimum absolute atomic E-state index is 0.219. The maximum atomic E-state index is 12.2. The van der Waals surface area contributed by atoms with Crippen LogP contribution in [-0.4, -0.2) is 38.8 Å². The van der Waals surface area contributed by atoms with E-state index < -0.39 is 5.91 Å². The molecule has 6 N–H and O–H groups in total. The molecule has 3 aromatic rings. The number of benzene rings is 3. The summed E-state index contributed by atoms with van der Waals surface area (Å²) in [6.45, 7) is 0. The van der Waals surface area contributed by atoms with Gasteiger partial charge in [-0.05, 0) is 65.7 Å². The van der Waals surface area contributed by atoms with Crippen LogP contribution in [0.1, 0.15) is 21.5 Å². The van der Waals surface area contributed by atoms with E-state index in [0.29, 0.717) is 22.4 Å². The monoisotopic (exact) mass is 406 g/mol. The molecular weight excluding hydrogens is 388 g/mol. The first kappa shape index (κ1) is 20.2. The van der Waals surface area contributed by atoms with Crippen LogP contribution in [0, 0.1) is 0 Å². The molecule has 0 aliphatic carbocycles. The van der Waals surface area contributed by atoms with Crippen molar-refractivity contribution < 1.29 is 25.2 Å². The number of hydrogen-bond acceptors (Lipinski definition) is 8. The number of hydrazone groups is 2. The number of amides is 1.